The van der Waals surface area contributed by atoms with Gasteiger partial charge >= 0.3 is 0 Å². The molecular formula is C52H52ClN13O20S7. The van der Waals surface area contributed by atoms with Gasteiger partial charge in [0.15, 0.2) is 11.3 Å². The molecule has 2 heterocycles. The monoisotopic (exact) mass is 1440 g/mol. The van der Waals surface area contributed by atoms with Crippen LogP contribution in [-0.4, -0.2) is 134 Å². The Morgan fingerprint density at radius 2 is 1.14 bits per heavy atom. The van der Waals surface area contributed by atoms with E-state index in [9.17, 15) is 84.8 Å². The molecule has 0 fully saturated rings. The van der Waals surface area contributed by atoms with Crippen molar-refractivity contribution in [3.05, 3.63) is 88.4 Å². The van der Waals surface area contributed by atoms with Gasteiger partial charge in [-0.1, -0.05) is 11.6 Å². The first-order valence-corrected chi connectivity index (χ1v) is 36.4. The smallest absolute Gasteiger partial charge is 0.296 e. The van der Waals surface area contributed by atoms with E-state index < -0.39 is 100 Å². The lowest BCUT2D eigenvalue weighted by Crippen LogP contribution is -2.08. The molecule has 33 nitrogen and oxygen atoms in total. The molecule has 0 aliphatic carbocycles. The van der Waals surface area contributed by atoms with Crippen molar-refractivity contribution >= 4 is 171 Å². The van der Waals surface area contributed by atoms with Crippen molar-refractivity contribution in [3.8, 4) is 23.4 Å². The quantitative estimate of drug-likeness (QED) is 0.00977. The summed E-state index contributed by atoms with van der Waals surface area (Å²) >= 11 is 8.11. The number of anilines is 2. The van der Waals surface area contributed by atoms with Gasteiger partial charge in [0, 0.05) is 47.4 Å². The average Bonchev–Trinajstić information content (AvgIpc) is 1.59. The lowest BCUT2D eigenvalue weighted by molar-refractivity contribution is -0.115. The number of rotatable bonds is 28. The number of carbonyl (C=O) groups is 2. The minimum absolute atomic E-state index is 0.00238. The van der Waals surface area contributed by atoms with Gasteiger partial charge in [-0.05, 0) is 98.7 Å². The number of nitriles is 1. The molecule has 494 valence electrons. The van der Waals surface area contributed by atoms with E-state index in [2.05, 4.69) is 56.5 Å². The van der Waals surface area contributed by atoms with Gasteiger partial charge in [0.05, 0.1) is 69.8 Å². The van der Waals surface area contributed by atoms with Crippen LogP contribution in [0.2, 0.25) is 5.02 Å². The summed E-state index contributed by atoms with van der Waals surface area (Å²) in [6.07, 6.45) is -0.434. The molecule has 7 rings (SSSR count). The fourth-order valence-electron chi connectivity index (χ4n) is 8.32. The normalized spacial score (nSPS) is 12.7. The number of carbonyl (C=O) groups excluding carboxylic acids is 2. The summed E-state index contributed by atoms with van der Waals surface area (Å²) in [6.45, 7) is 4.93. The Balaban J connectivity index is 1.35. The molecule has 0 bridgehead atoms. The van der Waals surface area contributed by atoms with Gasteiger partial charge in [0.2, 0.25) is 17.7 Å². The zero-order valence-corrected chi connectivity index (χ0v) is 55.2. The Bertz CT molecular complexity index is 4930. The number of aromatic nitrogens is 2. The molecule has 0 aliphatic rings. The first-order chi connectivity index (χ1) is 43.4. The molecule has 8 N–H and O–H groups in total. The van der Waals surface area contributed by atoms with Gasteiger partial charge in [-0.15, -0.1) is 54.2 Å². The highest BCUT2D eigenvalue weighted by Gasteiger charge is 2.28. The third-order valence-electron chi connectivity index (χ3n) is 12.4. The molecule has 0 spiro atoms. The molecular weight excluding hydrogens is 1390 g/mol. The van der Waals surface area contributed by atoms with Crippen molar-refractivity contribution in [2.45, 2.75) is 66.5 Å². The molecule has 2 aromatic heterocycles. The molecule has 5 aromatic carbocycles. The van der Waals surface area contributed by atoms with Crippen molar-refractivity contribution in [1.29, 1.82) is 5.26 Å². The summed E-state index contributed by atoms with van der Waals surface area (Å²) in [4.78, 5) is 28.9. The second-order valence-electron chi connectivity index (χ2n) is 19.5. The van der Waals surface area contributed by atoms with Crippen LogP contribution in [0.1, 0.15) is 49.8 Å². The van der Waals surface area contributed by atoms with Gasteiger partial charge < -0.3 is 25.2 Å². The summed E-state index contributed by atoms with van der Waals surface area (Å²) in [5.74, 6) is -4.13. The number of hydrogen-bond donors (Lipinski definition) is 8. The van der Waals surface area contributed by atoms with Crippen molar-refractivity contribution in [3.63, 3.8) is 0 Å². The maximum Gasteiger partial charge on any atom is 0.296 e. The van der Waals surface area contributed by atoms with Crippen LogP contribution in [0, 0.1) is 25.2 Å². The van der Waals surface area contributed by atoms with Crippen molar-refractivity contribution in [2.24, 2.45) is 40.9 Å². The van der Waals surface area contributed by atoms with Crippen LogP contribution in [0.15, 0.2) is 127 Å². The molecule has 2 amide bonds. The number of aromatic hydroxyl groups is 1. The number of thioether (sulfide) groups is 2. The highest BCUT2D eigenvalue weighted by Crippen LogP contribution is 2.46. The predicted octanol–water partition coefficient (Wildman–Crippen LogP) is 11.8. The summed E-state index contributed by atoms with van der Waals surface area (Å²) in [5.41, 5.74) is -1.12. The number of azo groups is 4. The maximum absolute atomic E-state index is 12.8. The number of nitrogens with one attached hydrogen (secondary N) is 2. The number of nitrogens with zero attached hydrogens (tertiary/aromatic N) is 11. The zero-order valence-electron chi connectivity index (χ0n) is 48.8. The molecule has 0 unspecified atom stereocenters. The first-order valence-electron chi connectivity index (χ1n) is 26.3. The highest BCUT2D eigenvalue weighted by molar-refractivity contribution is 7.99. The topological polar surface area (TPSA) is 509 Å². The lowest BCUT2D eigenvalue weighted by Gasteiger charge is -2.13. The predicted molar refractivity (Wildman–Crippen MR) is 341 cm³/mol. The zero-order chi connectivity index (χ0) is 68.5. The highest BCUT2D eigenvalue weighted by atomic mass is 35.5. The van der Waals surface area contributed by atoms with Crippen LogP contribution < -0.4 is 20.1 Å². The lowest BCUT2D eigenvalue weighted by atomic mass is 10.1. The van der Waals surface area contributed by atoms with Gasteiger partial charge in [0.1, 0.15) is 61.4 Å². The van der Waals surface area contributed by atoms with E-state index in [1.165, 1.54) is 76.4 Å². The van der Waals surface area contributed by atoms with Crippen molar-refractivity contribution in [1.82, 2.24) is 9.38 Å². The largest absolute Gasteiger partial charge is 0.497 e. The molecule has 7 aromatic rings. The van der Waals surface area contributed by atoms with Gasteiger partial charge in [-0.3, -0.25) is 36.8 Å². The summed E-state index contributed by atoms with van der Waals surface area (Å²) < 4.78 is 179. The third-order valence-corrected chi connectivity index (χ3v) is 19.3. The SMILES string of the molecule is COc1cc(S(=O)(=O)O)c2c(c1)nc1c(C#N)c(C)c(N=Nc3cc(C)c(N=Nc4cc(NC(C)=O)c(N=Nc5cc(NC(C)=O)c(N=Nc6ccc(S(=O)(=O)O)c(Cl)c6)cc5SCCCS(=O)(=O)O)cc4SCCCS(=O)(=O)O)cc3OCCCS(=O)(=O)O)c(O)n12. The Morgan fingerprint density at radius 3 is 1.63 bits per heavy atom. The van der Waals surface area contributed by atoms with Gasteiger partial charge in [0.25, 0.3) is 50.6 Å². The fraction of sp³-hybridized carbons (Fsp3) is 0.269. The summed E-state index contributed by atoms with van der Waals surface area (Å²) in [7, 11) is -21.8. The fourth-order valence-corrected chi connectivity index (χ4v) is 13.8. The average molecular weight is 1440 g/mol. The maximum atomic E-state index is 12.8. The van der Waals surface area contributed by atoms with Crippen LogP contribution in [0.4, 0.5) is 56.9 Å². The molecule has 0 radical (unpaired) electrons. The van der Waals surface area contributed by atoms with Crippen LogP contribution in [-0.2, 0) is 60.2 Å². The van der Waals surface area contributed by atoms with E-state index in [0.29, 0.717) is 5.56 Å². The van der Waals surface area contributed by atoms with E-state index >= 15 is 0 Å². The molecule has 0 saturated carbocycles. The Hall–Kier alpha value is -8.18. The van der Waals surface area contributed by atoms with E-state index in [-0.39, 0.29) is 143 Å². The van der Waals surface area contributed by atoms with E-state index in [0.717, 1.165) is 46.1 Å². The Kier molecular flexibility index (Phi) is 23.2. The number of imidazole rings is 1. The van der Waals surface area contributed by atoms with Crippen molar-refractivity contribution < 1.29 is 89.0 Å². The summed E-state index contributed by atoms with van der Waals surface area (Å²) in [6, 6.07) is 15.6. The van der Waals surface area contributed by atoms with E-state index in [1.807, 2.05) is 6.07 Å². The molecule has 0 aliphatic heterocycles. The summed E-state index contributed by atoms with van der Waals surface area (Å²) in [5, 5.41) is 61.6. The number of benzene rings is 5. The second kappa shape index (κ2) is 29.8. The van der Waals surface area contributed by atoms with Gasteiger partial charge in [-0.2, -0.15) is 57.6 Å². The third kappa shape index (κ3) is 19.7. The number of amides is 2. The Labute approximate surface area is 543 Å². The Morgan fingerprint density at radius 1 is 0.634 bits per heavy atom. The van der Waals surface area contributed by atoms with Gasteiger partial charge in [-0.25, -0.2) is 4.98 Å². The van der Waals surface area contributed by atoms with E-state index in [4.69, 9.17) is 21.1 Å². The standard InChI is InChI=1S/C52H52ClN13O20S7/c1-27-17-40(62-65-49-28(2)33(26-54)51-57-43-19-32(85-5)20-48(93(82,83)84)50(43)66(51)52(49)69)44(86-11-6-14-89(70,71)72)23-35(27)59-63-41-22-37(56-30(4)68)39(25-46(41)88-13-8-16-91(76,77)78)61-64-42-21-36(55-29(3)67)38(24-45(42)87-12-7-15-90(73,74)75)60-58-31-9-10-47(34(53)18-31)92(79,80)81/h9-10,17-25,69H,6-8,11-16H2,1-5H3,(H,55,67)(H,56,68)(H,70,71,72)(H,73,74,75)(H,76,77,78)(H,79,80,81)(H,82,83,84). The number of hydrogen-bond acceptors (Lipinski definition) is 27. The molecule has 93 heavy (non-hydrogen) atoms. The van der Waals surface area contributed by atoms with Crippen LogP contribution in [0.25, 0.3) is 16.7 Å². The molecule has 0 saturated heterocycles. The number of halogens is 1. The van der Waals surface area contributed by atoms with E-state index in [1.54, 1.807) is 6.92 Å². The minimum atomic E-state index is -5.03. The number of methoxy groups -OCH3 is 1. The molecule has 0 atom stereocenters. The first kappa shape index (κ1) is 72.2. The van der Waals surface area contributed by atoms with Crippen LogP contribution >= 0.6 is 35.1 Å². The second-order valence-corrected chi connectivity index (χ2v) is 29.7. The number of fused-ring (bicyclic) bond motifs is 3. The minimum Gasteiger partial charge on any atom is -0.497 e. The molecule has 41 heteroatoms. The number of aryl methyl sites for hydroxylation is 1. The van der Waals surface area contributed by atoms with Crippen LogP contribution in [0.5, 0.6) is 17.4 Å². The van der Waals surface area contributed by atoms with Crippen LogP contribution in [0.3, 0.4) is 0 Å². The van der Waals surface area contributed by atoms with Crippen molar-refractivity contribution in [2.75, 3.05) is 53.1 Å². The number of ether oxygens (including phenoxy) is 2. The number of pyridine rings is 1.